The van der Waals surface area contributed by atoms with Crippen LogP contribution in [0.2, 0.25) is 0 Å². The van der Waals surface area contributed by atoms with Crippen molar-refractivity contribution in [2.45, 2.75) is 6.42 Å². The van der Waals surface area contributed by atoms with Gasteiger partial charge in [-0.25, -0.2) is 5.84 Å². The topological polar surface area (TPSA) is 119 Å². The molecule has 0 fully saturated rings. The van der Waals surface area contributed by atoms with Gasteiger partial charge in [0.05, 0.1) is 13.5 Å². The first-order chi connectivity index (χ1) is 10.1. The molecule has 110 valence electrons. The van der Waals surface area contributed by atoms with E-state index in [1.807, 2.05) is 5.43 Å². The van der Waals surface area contributed by atoms with Gasteiger partial charge in [0.2, 0.25) is 11.0 Å². The highest BCUT2D eigenvalue weighted by molar-refractivity contribution is 7.15. The molecule has 0 bridgehead atoms. The average Bonchev–Trinajstić information content (AvgIpc) is 2.94. The Balaban J connectivity index is 2.00. The fourth-order valence-corrected chi connectivity index (χ4v) is 2.21. The Kier molecular flexibility index (Phi) is 4.80. The maximum Gasteiger partial charge on any atom is 0.257 e. The smallest absolute Gasteiger partial charge is 0.257 e. The minimum Gasteiger partial charge on any atom is -0.497 e. The molecule has 2 aromatic rings. The van der Waals surface area contributed by atoms with E-state index >= 15 is 0 Å². The van der Waals surface area contributed by atoms with E-state index in [4.69, 9.17) is 10.6 Å². The number of carbonyl (C=O) groups is 2. The first-order valence-electron chi connectivity index (χ1n) is 5.89. The lowest BCUT2D eigenvalue weighted by Gasteiger charge is -2.02. The number of nitrogens with one attached hydrogen (secondary N) is 2. The number of ether oxygens (including phenoxy) is 1. The van der Waals surface area contributed by atoms with Gasteiger partial charge in [-0.3, -0.25) is 20.3 Å². The fraction of sp³-hybridized carbons (Fsp3) is 0.167. The maximum atomic E-state index is 12.0. The molecule has 0 aliphatic rings. The number of methoxy groups -OCH3 is 1. The third-order valence-corrected chi connectivity index (χ3v) is 3.35. The Hall–Kier alpha value is -2.52. The van der Waals surface area contributed by atoms with E-state index in [2.05, 4.69) is 15.5 Å². The number of nitrogens with zero attached hydrogens (tertiary/aromatic N) is 2. The van der Waals surface area contributed by atoms with Gasteiger partial charge >= 0.3 is 0 Å². The van der Waals surface area contributed by atoms with Crippen LogP contribution in [0.4, 0.5) is 5.13 Å². The second kappa shape index (κ2) is 6.77. The van der Waals surface area contributed by atoms with E-state index in [1.54, 1.807) is 31.4 Å². The molecule has 0 radical (unpaired) electrons. The predicted molar refractivity (Wildman–Crippen MR) is 76.9 cm³/mol. The molecule has 0 saturated heterocycles. The van der Waals surface area contributed by atoms with E-state index in [0.717, 1.165) is 11.3 Å². The van der Waals surface area contributed by atoms with Gasteiger partial charge in [0.15, 0.2) is 0 Å². The highest BCUT2D eigenvalue weighted by Gasteiger charge is 2.12. The lowest BCUT2D eigenvalue weighted by atomic mass is 10.2. The molecule has 0 spiro atoms. The summed E-state index contributed by atoms with van der Waals surface area (Å²) >= 11 is 1.11. The van der Waals surface area contributed by atoms with Crippen molar-refractivity contribution >= 4 is 28.3 Å². The summed E-state index contributed by atoms with van der Waals surface area (Å²) < 4.78 is 5.02. The van der Waals surface area contributed by atoms with Gasteiger partial charge in [-0.2, -0.15) is 0 Å². The largest absolute Gasteiger partial charge is 0.497 e. The van der Waals surface area contributed by atoms with Crippen molar-refractivity contribution < 1.29 is 14.3 Å². The molecule has 1 heterocycles. The SMILES string of the molecule is COc1ccc(C(=O)Nc2nnc(CC(=O)NN)s2)cc1. The summed E-state index contributed by atoms with van der Waals surface area (Å²) in [4.78, 5) is 23.1. The molecular formula is C12H13N5O3S. The van der Waals surface area contributed by atoms with Crippen LogP contribution in [0, 0.1) is 0 Å². The van der Waals surface area contributed by atoms with Gasteiger partial charge in [-0.1, -0.05) is 11.3 Å². The Labute approximate surface area is 124 Å². The molecule has 0 aliphatic heterocycles. The first-order valence-corrected chi connectivity index (χ1v) is 6.71. The maximum absolute atomic E-state index is 12.0. The summed E-state index contributed by atoms with van der Waals surface area (Å²) in [5, 5.41) is 11.0. The number of benzene rings is 1. The van der Waals surface area contributed by atoms with Crippen LogP contribution in [0.3, 0.4) is 0 Å². The molecule has 21 heavy (non-hydrogen) atoms. The predicted octanol–water partition coefficient (Wildman–Crippen LogP) is 0.331. The Morgan fingerprint density at radius 1 is 1.29 bits per heavy atom. The summed E-state index contributed by atoms with van der Waals surface area (Å²) in [6.07, 6.45) is 0.0204. The Morgan fingerprint density at radius 2 is 2.00 bits per heavy atom. The molecule has 0 aliphatic carbocycles. The van der Waals surface area contributed by atoms with Crippen LogP contribution < -0.4 is 21.3 Å². The number of carbonyl (C=O) groups excluding carboxylic acids is 2. The third kappa shape index (κ3) is 3.97. The summed E-state index contributed by atoms with van der Waals surface area (Å²) in [6, 6.07) is 6.65. The number of aromatic nitrogens is 2. The number of amides is 2. The zero-order chi connectivity index (χ0) is 15.2. The summed E-state index contributed by atoms with van der Waals surface area (Å²) in [5.74, 6) is 4.96. The van der Waals surface area contributed by atoms with E-state index in [0.29, 0.717) is 21.5 Å². The van der Waals surface area contributed by atoms with Crippen LogP contribution in [-0.2, 0) is 11.2 Å². The van der Waals surface area contributed by atoms with Crippen LogP contribution in [0.15, 0.2) is 24.3 Å². The quantitative estimate of drug-likeness (QED) is 0.416. The zero-order valence-corrected chi connectivity index (χ0v) is 11.9. The van der Waals surface area contributed by atoms with Gasteiger partial charge < -0.3 is 4.74 Å². The summed E-state index contributed by atoms with van der Waals surface area (Å²) in [7, 11) is 1.55. The number of nitrogens with two attached hydrogens (primary N) is 1. The Morgan fingerprint density at radius 3 is 2.62 bits per heavy atom. The van der Waals surface area contributed by atoms with Crippen LogP contribution in [0.1, 0.15) is 15.4 Å². The van der Waals surface area contributed by atoms with Crippen molar-refractivity contribution in [2.75, 3.05) is 12.4 Å². The van der Waals surface area contributed by atoms with E-state index in [1.165, 1.54) is 0 Å². The zero-order valence-electron chi connectivity index (χ0n) is 11.1. The second-order valence-electron chi connectivity index (χ2n) is 3.93. The second-order valence-corrected chi connectivity index (χ2v) is 4.99. The third-order valence-electron chi connectivity index (χ3n) is 2.51. The van der Waals surface area contributed by atoms with Gasteiger partial charge in [0.1, 0.15) is 10.8 Å². The average molecular weight is 307 g/mol. The van der Waals surface area contributed by atoms with Crippen LogP contribution >= 0.6 is 11.3 Å². The molecule has 0 saturated carbocycles. The Bertz CT molecular complexity index is 641. The van der Waals surface area contributed by atoms with Gasteiger partial charge in [-0.05, 0) is 24.3 Å². The van der Waals surface area contributed by atoms with Crippen molar-refractivity contribution in [3.8, 4) is 5.75 Å². The first kappa shape index (κ1) is 14.9. The number of hydrogen-bond acceptors (Lipinski definition) is 7. The molecule has 2 rings (SSSR count). The number of hydrazine groups is 1. The lowest BCUT2D eigenvalue weighted by Crippen LogP contribution is -2.31. The van der Waals surface area contributed by atoms with E-state index in [-0.39, 0.29) is 18.2 Å². The van der Waals surface area contributed by atoms with Crippen LogP contribution in [-0.4, -0.2) is 29.1 Å². The number of rotatable bonds is 5. The minimum atomic E-state index is -0.376. The summed E-state index contributed by atoms with van der Waals surface area (Å²) in [5.41, 5.74) is 2.47. The van der Waals surface area contributed by atoms with Crippen molar-refractivity contribution in [1.82, 2.24) is 15.6 Å². The van der Waals surface area contributed by atoms with Gasteiger partial charge in [0, 0.05) is 5.56 Å². The molecule has 2 amide bonds. The highest BCUT2D eigenvalue weighted by atomic mass is 32.1. The van der Waals surface area contributed by atoms with E-state index in [9.17, 15) is 9.59 Å². The molecule has 9 heteroatoms. The molecule has 1 aromatic carbocycles. The molecule has 0 unspecified atom stereocenters. The van der Waals surface area contributed by atoms with Gasteiger partial charge in [0.25, 0.3) is 5.91 Å². The molecular weight excluding hydrogens is 294 g/mol. The van der Waals surface area contributed by atoms with Crippen LogP contribution in [0.25, 0.3) is 0 Å². The fourth-order valence-electron chi connectivity index (χ4n) is 1.48. The normalized spacial score (nSPS) is 10.0. The molecule has 1 aromatic heterocycles. The molecule has 4 N–H and O–H groups in total. The molecule has 0 atom stereocenters. The lowest BCUT2D eigenvalue weighted by molar-refractivity contribution is -0.120. The number of hydrogen-bond donors (Lipinski definition) is 3. The van der Waals surface area contributed by atoms with Crippen molar-refractivity contribution in [1.29, 1.82) is 0 Å². The van der Waals surface area contributed by atoms with Crippen molar-refractivity contribution in [3.63, 3.8) is 0 Å². The van der Waals surface area contributed by atoms with Crippen molar-refractivity contribution in [3.05, 3.63) is 34.8 Å². The van der Waals surface area contributed by atoms with E-state index < -0.39 is 0 Å². The number of anilines is 1. The standard InChI is InChI=1S/C12H13N5O3S/c1-20-8-4-2-7(3-5-8)11(19)14-12-17-16-10(21-12)6-9(18)15-13/h2-5H,6,13H2,1H3,(H,15,18)(H,14,17,19). The van der Waals surface area contributed by atoms with Crippen LogP contribution in [0.5, 0.6) is 5.75 Å². The highest BCUT2D eigenvalue weighted by Crippen LogP contribution is 2.17. The van der Waals surface area contributed by atoms with Gasteiger partial charge in [-0.15, -0.1) is 10.2 Å². The monoisotopic (exact) mass is 307 g/mol. The van der Waals surface area contributed by atoms with Crippen molar-refractivity contribution in [2.24, 2.45) is 5.84 Å². The molecule has 8 nitrogen and oxygen atoms in total. The minimum absolute atomic E-state index is 0.0204. The summed E-state index contributed by atoms with van der Waals surface area (Å²) in [6.45, 7) is 0.